The Kier molecular flexibility index (Phi) is 6.70. The predicted octanol–water partition coefficient (Wildman–Crippen LogP) is 4.15. The van der Waals surface area contributed by atoms with E-state index in [1.54, 1.807) is 0 Å². The Morgan fingerprint density at radius 2 is 1.70 bits per heavy atom. The van der Waals surface area contributed by atoms with Gasteiger partial charge in [0.1, 0.15) is 0 Å². The SMILES string of the molecule is CCOCCC(CC)(CNC(C)(C)C)c1ccccc1. The highest BCUT2D eigenvalue weighted by molar-refractivity contribution is 5.26. The number of rotatable bonds is 8. The summed E-state index contributed by atoms with van der Waals surface area (Å²) in [6, 6.07) is 10.9. The van der Waals surface area contributed by atoms with Crippen LogP contribution < -0.4 is 5.32 Å². The Hall–Kier alpha value is -0.860. The lowest BCUT2D eigenvalue weighted by molar-refractivity contribution is 0.120. The van der Waals surface area contributed by atoms with Crippen molar-refractivity contribution >= 4 is 0 Å². The Bertz CT molecular complexity index is 369. The predicted molar refractivity (Wildman–Crippen MR) is 87.3 cm³/mol. The van der Waals surface area contributed by atoms with E-state index in [4.69, 9.17) is 4.74 Å². The zero-order valence-electron chi connectivity index (χ0n) is 13.8. The van der Waals surface area contributed by atoms with E-state index in [2.05, 4.69) is 70.3 Å². The Labute approximate surface area is 124 Å². The third kappa shape index (κ3) is 5.26. The highest BCUT2D eigenvalue weighted by atomic mass is 16.5. The first-order chi connectivity index (χ1) is 9.43. The van der Waals surface area contributed by atoms with Crippen molar-refractivity contribution in [2.75, 3.05) is 19.8 Å². The van der Waals surface area contributed by atoms with Gasteiger partial charge in [0.05, 0.1) is 0 Å². The van der Waals surface area contributed by atoms with E-state index in [1.807, 2.05) is 0 Å². The van der Waals surface area contributed by atoms with Crippen LogP contribution in [0, 0.1) is 0 Å². The molecule has 2 nitrogen and oxygen atoms in total. The molecule has 0 fully saturated rings. The van der Waals surface area contributed by atoms with Gasteiger partial charge in [-0.05, 0) is 46.1 Å². The van der Waals surface area contributed by atoms with E-state index in [0.717, 1.165) is 32.6 Å². The van der Waals surface area contributed by atoms with Gasteiger partial charge >= 0.3 is 0 Å². The van der Waals surface area contributed by atoms with Crippen LogP contribution in [0.2, 0.25) is 0 Å². The number of hydrogen-bond acceptors (Lipinski definition) is 2. The molecule has 0 aliphatic rings. The van der Waals surface area contributed by atoms with Crippen molar-refractivity contribution < 1.29 is 4.74 Å². The second-order valence-corrected chi connectivity index (χ2v) is 6.55. The lowest BCUT2D eigenvalue weighted by Gasteiger charge is -2.37. The molecule has 1 rings (SSSR count). The molecule has 1 unspecified atom stereocenters. The average molecular weight is 277 g/mol. The van der Waals surface area contributed by atoms with Gasteiger partial charge < -0.3 is 10.1 Å². The fourth-order valence-corrected chi connectivity index (χ4v) is 2.48. The molecule has 2 heteroatoms. The van der Waals surface area contributed by atoms with Gasteiger partial charge in [0.25, 0.3) is 0 Å². The van der Waals surface area contributed by atoms with Crippen LogP contribution in [0.3, 0.4) is 0 Å². The summed E-state index contributed by atoms with van der Waals surface area (Å²) in [7, 11) is 0. The van der Waals surface area contributed by atoms with Gasteiger partial charge in [-0.25, -0.2) is 0 Å². The molecule has 0 saturated carbocycles. The summed E-state index contributed by atoms with van der Waals surface area (Å²) in [6.45, 7) is 13.6. The van der Waals surface area contributed by atoms with Crippen molar-refractivity contribution in [3.8, 4) is 0 Å². The summed E-state index contributed by atoms with van der Waals surface area (Å²) in [5, 5.41) is 3.68. The second kappa shape index (κ2) is 7.80. The smallest absolute Gasteiger partial charge is 0.0474 e. The Morgan fingerprint density at radius 1 is 1.05 bits per heavy atom. The first kappa shape index (κ1) is 17.2. The fraction of sp³-hybridized carbons (Fsp3) is 0.667. The van der Waals surface area contributed by atoms with E-state index in [0.29, 0.717) is 0 Å². The highest BCUT2D eigenvalue weighted by Crippen LogP contribution is 2.31. The first-order valence-electron chi connectivity index (χ1n) is 7.82. The summed E-state index contributed by atoms with van der Waals surface area (Å²) in [5.74, 6) is 0. The molecular weight excluding hydrogens is 246 g/mol. The van der Waals surface area contributed by atoms with Crippen LogP contribution in [0.1, 0.15) is 53.0 Å². The van der Waals surface area contributed by atoms with Crippen LogP contribution in [0.4, 0.5) is 0 Å². The van der Waals surface area contributed by atoms with Crippen molar-refractivity contribution in [2.45, 2.75) is 58.4 Å². The van der Waals surface area contributed by atoms with E-state index >= 15 is 0 Å². The normalized spacial score (nSPS) is 15.1. The summed E-state index contributed by atoms with van der Waals surface area (Å²) >= 11 is 0. The van der Waals surface area contributed by atoms with E-state index < -0.39 is 0 Å². The summed E-state index contributed by atoms with van der Waals surface area (Å²) in [4.78, 5) is 0. The highest BCUT2D eigenvalue weighted by Gasteiger charge is 2.31. The molecule has 0 saturated heterocycles. The third-order valence-corrected chi connectivity index (χ3v) is 3.95. The molecular formula is C18H31NO. The molecule has 0 aromatic heterocycles. The van der Waals surface area contributed by atoms with Gasteiger partial charge in [-0.3, -0.25) is 0 Å². The molecule has 1 aromatic carbocycles. The standard InChI is InChI=1S/C18H31NO/c1-6-18(13-14-20-7-2,15-19-17(3,4)5)16-11-9-8-10-12-16/h8-12,19H,6-7,13-15H2,1-5H3. The summed E-state index contributed by atoms with van der Waals surface area (Å²) < 4.78 is 5.62. The third-order valence-electron chi connectivity index (χ3n) is 3.95. The van der Waals surface area contributed by atoms with Gasteiger partial charge in [-0.15, -0.1) is 0 Å². The van der Waals surface area contributed by atoms with Crippen molar-refractivity contribution in [3.63, 3.8) is 0 Å². The van der Waals surface area contributed by atoms with E-state index in [1.165, 1.54) is 5.56 Å². The maximum atomic E-state index is 5.62. The Morgan fingerprint density at radius 3 is 2.20 bits per heavy atom. The quantitative estimate of drug-likeness (QED) is 0.721. The van der Waals surface area contributed by atoms with Crippen LogP contribution in [0.25, 0.3) is 0 Å². The monoisotopic (exact) mass is 277 g/mol. The van der Waals surface area contributed by atoms with E-state index in [-0.39, 0.29) is 11.0 Å². The number of nitrogens with one attached hydrogen (secondary N) is 1. The average Bonchev–Trinajstić information content (AvgIpc) is 2.43. The van der Waals surface area contributed by atoms with Crippen molar-refractivity contribution in [2.24, 2.45) is 0 Å². The van der Waals surface area contributed by atoms with Crippen molar-refractivity contribution in [1.29, 1.82) is 0 Å². The lowest BCUT2D eigenvalue weighted by Crippen LogP contribution is -2.46. The maximum absolute atomic E-state index is 5.62. The largest absolute Gasteiger partial charge is 0.382 e. The first-order valence-corrected chi connectivity index (χ1v) is 7.82. The summed E-state index contributed by atoms with van der Waals surface area (Å²) in [5.41, 5.74) is 1.71. The molecule has 0 aliphatic heterocycles. The topological polar surface area (TPSA) is 21.3 Å². The Balaban J connectivity index is 2.90. The molecule has 0 radical (unpaired) electrons. The van der Waals surface area contributed by atoms with Gasteiger partial charge in [0.2, 0.25) is 0 Å². The fourth-order valence-electron chi connectivity index (χ4n) is 2.48. The molecule has 0 heterocycles. The minimum Gasteiger partial charge on any atom is -0.382 e. The maximum Gasteiger partial charge on any atom is 0.0474 e. The molecule has 0 amide bonds. The van der Waals surface area contributed by atoms with Crippen LogP contribution in [0.5, 0.6) is 0 Å². The molecule has 20 heavy (non-hydrogen) atoms. The molecule has 0 spiro atoms. The lowest BCUT2D eigenvalue weighted by atomic mass is 9.75. The van der Waals surface area contributed by atoms with Crippen molar-refractivity contribution in [1.82, 2.24) is 5.32 Å². The van der Waals surface area contributed by atoms with Gasteiger partial charge in [-0.2, -0.15) is 0 Å². The minimum absolute atomic E-state index is 0.140. The van der Waals surface area contributed by atoms with E-state index in [9.17, 15) is 0 Å². The zero-order valence-corrected chi connectivity index (χ0v) is 13.8. The minimum atomic E-state index is 0.140. The molecule has 1 N–H and O–H groups in total. The molecule has 1 atom stereocenters. The zero-order chi connectivity index (χ0) is 15.1. The van der Waals surface area contributed by atoms with Gasteiger partial charge in [0.15, 0.2) is 0 Å². The number of benzene rings is 1. The molecule has 0 bridgehead atoms. The van der Waals surface area contributed by atoms with Crippen LogP contribution in [-0.2, 0) is 10.2 Å². The van der Waals surface area contributed by atoms with Gasteiger partial charge in [0, 0.05) is 30.7 Å². The molecule has 1 aromatic rings. The summed E-state index contributed by atoms with van der Waals surface area (Å²) in [6.07, 6.45) is 2.18. The molecule has 114 valence electrons. The second-order valence-electron chi connectivity index (χ2n) is 6.55. The van der Waals surface area contributed by atoms with Crippen LogP contribution in [-0.4, -0.2) is 25.3 Å². The number of hydrogen-bond donors (Lipinski definition) is 1. The van der Waals surface area contributed by atoms with Crippen LogP contribution in [0.15, 0.2) is 30.3 Å². The molecule has 0 aliphatic carbocycles. The van der Waals surface area contributed by atoms with Crippen molar-refractivity contribution in [3.05, 3.63) is 35.9 Å². The van der Waals surface area contributed by atoms with Gasteiger partial charge in [-0.1, -0.05) is 37.3 Å². The van der Waals surface area contributed by atoms with Crippen LogP contribution >= 0.6 is 0 Å². The number of ether oxygens (including phenoxy) is 1.